The number of hydrogen-bond acceptors (Lipinski definition) is 6. The fraction of sp³-hybridized carbons (Fsp3) is 0.909. The average molecular weight is 431 g/mol. The Kier molecular flexibility index (Phi) is 7.87. The Labute approximate surface area is 181 Å². The second-order valence-corrected chi connectivity index (χ2v) is 11.5. The van der Waals surface area contributed by atoms with Crippen LogP contribution in [0.3, 0.4) is 0 Å². The molecule has 0 unspecified atom stereocenters. The van der Waals surface area contributed by atoms with E-state index in [-0.39, 0.29) is 35.1 Å². The zero-order valence-corrected chi connectivity index (χ0v) is 20.3. The number of amides is 2. The zero-order chi connectivity index (χ0) is 23.7. The second kappa shape index (κ2) is 8.91. The van der Waals surface area contributed by atoms with Crippen LogP contribution in [0.1, 0.15) is 82.1 Å². The van der Waals surface area contributed by atoms with Gasteiger partial charge in [0.2, 0.25) is 0 Å². The molecule has 2 fully saturated rings. The summed E-state index contributed by atoms with van der Waals surface area (Å²) in [7, 11) is 0. The van der Waals surface area contributed by atoms with Gasteiger partial charge in [0.1, 0.15) is 11.2 Å². The highest BCUT2D eigenvalue weighted by molar-refractivity contribution is 5.69. The van der Waals surface area contributed by atoms with Gasteiger partial charge in [0.15, 0.2) is 0 Å². The number of aliphatic hydroxyl groups is 2. The Hall–Kier alpha value is -1.54. The van der Waals surface area contributed by atoms with Crippen molar-refractivity contribution in [2.24, 2.45) is 10.8 Å². The van der Waals surface area contributed by atoms with Crippen LogP contribution >= 0.6 is 0 Å². The average Bonchev–Trinajstić information content (AvgIpc) is 2.51. The van der Waals surface area contributed by atoms with Gasteiger partial charge in [-0.15, -0.1) is 0 Å². The Bertz CT molecular complexity index is 564. The lowest BCUT2D eigenvalue weighted by molar-refractivity contribution is -0.0735. The molecule has 2 saturated carbocycles. The third kappa shape index (κ3) is 7.30. The van der Waals surface area contributed by atoms with Gasteiger partial charge in [0.05, 0.1) is 12.2 Å². The molecule has 0 spiro atoms. The molecule has 0 bridgehead atoms. The normalized spacial score (nSPS) is 29.2. The SMILES string of the molecule is CC(C)(C)OC(=O)N[C@@H]1C[C@@H](O)C1(C)C.CC(C)(C)OC(=O)N[C@H]1C[C@H](O)C1(C)C. The number of carbonyl (C=O) groups is 2. The summed E-state index contributed by atoms with van der Waals surface area (Å²) in [6.45, 7) is 18.7. The molecule has 2 rings (SSSR count). The quantitative estimate of drug-likeness (QED) is 0.534. The predicted octanol–water partition coefficient (Wildman–Crippen LogP) is 3.34. The number of ether oxygens (including phenoxy) is 2. The fourth-order valence-electron chi connectivity index (χ4n) is 3.19. The van der Waals surface area contributed by atoms with Crippen molar-refractivity contribution in [2.75, 3.05) is 0 Å². The van der Waals surface area contributed by atoms with Crippen molar-refractivity contribution in [3.63, 3.8) is 0 Å². The second-order valence-electron chi connectivity index (χ2n) is 11.5. The molecule has 0 aromatic carbocycles. The molecule has 0 saturated heterocycles. The van der Waals surface area contributed by atoms with Gasteiger partial charge in [-0.1, -0.05) is 27.7 Å². The molecule has 2 aliphatic carbocycles. The lowest BCUT2D eigenvalue weighted by Crippen LogP contribution is -2.61. The van der Waals surface area contributed by atoms with Gasteiger partial charge in [-0.05, 0) is 54.4 Å². The Morgan fingerprint density at radius 1 is 0.733 bits per heavy atom. The molecular weight excluding hydrogens is 388 g/mol. The van der Waals surface area contributed by atoms with Crippen molar-refractivity contribution in [1.29, 1.82) is 0 Å². The summed E-state index contributed by atoms with van der Waals surface area (Å²) in [6.07, 6.45) is -0.284. The minimum atomic E-state index is -0.476. The first-order valence-electron chi connectivity index (χ1n) is 10.6. The van der Waals surface area contributed by atoms with Crippen LogP contribution in [0.2, 0.25) is 0 Å². The number of hydrogen-bond donors (Lipinski definition) is 4. The topological polar surface area (TPSA) is 117 Å². The maximum absolute atomic E-state index is 11.4. The maximum atomic E-state index is 11.4. The standard InChI is InChI=1S/2C11H21NO3/c2*1-10(2,3)15-9(14)12-7-6-8(13)11(7,4)5/h2*7-8,13H,6H2,1-5H3,(H,12,14)/t2*7-,8-/m10/s1. The van der Waals surface area contributed by atoms with Crippen molar-refractivity contribution in [2.45, 2.75) is 118 Å². The van der Waals surface area contributed by atoms with Crippen molar-refractivity contribution in [1.82, 2.24) is 10.6 Å². The van der Waals surface area contributed by atoms with Crippen molar-refractivity contribution < 1.29 is 29.3 Å². The Balaban J connectivity index is 0.000000300. The summed E-state index contributed by atoms with van der Waals surface area (Å²) < 4.78 is 10.3. The van der Waals surface area contributed by atoms with E-state index in [4.69, 9.17) is 9.47 Å². The largest absolute Gasteiger partial charge is 0.444 e. The summed E-state index contributed by atoms with van der Waals surface area (Å²) in [5.41, 5.74) is -1.46. The third-order valence-corrected chi connectivity index (χ3v) is 5.81. The molecule has 4 atom stereocenters. The van der Waals surface area contributed by atoms with Gasteiger partial charge in [-0.25, -0.2) is 9.59 Å². The molecule has 2 amide bonds. The van der Waals surface area contributed by atoms with E-state index in [2.05, 4.69) is 10.6 Å². The Morgan fingerprint density at radius 3 is 1.17 bits per heavy atom. The van der Waals surface area contributed by atoms with Gasteiger partial charge in [0.25, 0.3) is 0 Å². The lowest BCUT2D eigenvalue weighted by atomic mass is 9.65. The number of aliphatic hydroxyl groups excluding tert-OH is 2. The van der Waals surface area contributed by atoms with E-state index in [1.807, 2.05) is 69.2 Å². The third-order valence-electron chi connectivity index (χ3n) is 5.81. The molecule has 4 N–H and O–H groups in total. The molecule has 0 heterocycles. The zero-order valence-electron chi connectivity index (χ0n) is 20.3. The van der Waals surface area contributed by atoms with E-state index in [0.717, 1.165) is 0 Å². The first-order chi connectivity index (χ1) is 13.3. The van der Waals surface area contributed by atoms with Crippen LogP contribution < -0.4 is 10.6 Å². The summed E-state index contributed by atoms with van der Waals surface area (Å²) in [5, 5.41) is 24.5. The van der Waals surface area contributed by atoms with Gasteiger partial charge < -0.3 is 30.3 Å². The molecule has 0 radical (unpaired) electrons. The molecule has 0 aromatic heterocycles. The molecule has 30 heavy (non-hydrogen) atoms. The van der Waals surface area contributed by atoms with Crippen LogP contribution in [0.4, 0.5) is 9.59 Å². The number of nitrogens with one attached hydrogen (secondary N) is 2. The first kappa shape index (κ1) is 26.5. The van der Waals surface area contributed by atoms with E-state index >= 15 is 0 Å². The van der Waals surface area contributed by atoms with Gasteiger partial charge in [-0.2, -0.15) is 0 Å². The fourth-order valence-corrected chi connectivity index (χ4v) is 3.19. The Morgan fingerprint density at radius 2 is 1.00 bits per heavy atom. The summed E-state index contributed by atoms with van der Waals surface area (Å²) in [6, 6.07) is 0.00435. The number of rotatable bonds is 2. The summed E-state index contributed by atoms with van der Waals surface area (Å²) in [4.78, 5) is 22.9. The van der Waals surface area contributed by atoms with Crippen LogP contribution in [-0.4, -0.2) is 57.9 Å². The van der Waals surface area contributed by atoms with E-state index in [0.29, 0.717) is 12.8 Å². The highest BCUT2D eigenvalue weighted by atomic mass is 16.6. The van der Waals surface area contributed by atoms with Crippen LogP contribution in [0, 0.1) is 10.8 Å². The highest BCUT2D eigenvalue weighted by Gasteiger charge is 2.49. The van der Waals surface area contributed by atoms with Crippen LogP contribution in [-0.2, 0) is 9.47 Å². The van der Waals surface area contributed by atoms with Gasteiger partial charge in [0, 0.05) is 22.9 Å². The van der Waals surface area contributed by atoms with Crippen molar-refractivity contribution in [3.05, 3.63) is 0 Å². The molecule has 8 heteroatoms. The molecule has 8 nitrogen and oxygen atoms in total. The molecule has 0 aromatic rings. The molecule has 176 valence electrons. The lowest BCUT2D eigenvalue weighted by Gasteiger charge is -2.49. The maximum Gasteiger partial charge on any atom is 0.407 e. The molecule has 2 aliphatic rings. The smallest absolute Gasteiger partial charge is 0.407 e. The minimum Gasteiger partial charge on any atom is -0.444 e. The number of alkyl carbamates (subject to hydrolysis) is 2. The summed E-state index contributed by atoms with van der Waals surface area (Å²) >= 11 is 0. The van der Waals surface area contributed by atoms with Crippen LogP contribution in [0.25, 0.3) is 0 Å². The van der Waals surface area contributed by atoms with Crippen molar-refractivity contribution in [3.8, 4) is 0 Å². The van der Waals surface area contributed by atoms with E-state index in [1.165, 1.54) is 0 Å². The van der Waals surface area contributed by atoms with E-state index < -0.39 is 23.4 Å². The van der Waals surface area contributed by atoms with Gasteiger partial charge >= 0.3 is 12.2 Å². The molecular formula is C22H42N2O6. The monoisotopic (exact) mass is 430 g/mol. The van der Waals surface area contributed by atoms with Crippen LogP contribution in [0.15, 0.2) is 0 Å². The van der Waals surface area contributed by atoms with Crippen LogP contribution in [0.5, 0.6) is 0 Å². The number of carbonyl (C=O) groups excluding carboxylic acids is 2. The van der Waals surface area contributed by atoms with E-state index in [9.17, 15) is 19.8 Å². The molecule has 0 aliphatic heterocycles. The van der Waals surface area contributed by atoms with E-state index in [1.54, 1.807) is 0 Å². The highest BCUT2D eigenvalue weighted by Crippen LogP contribution is 2.41. The van der Waals surface area contributed by atoms with Gasteiger partial charge in [-0.3, -0.25) is 0 Å². The first-order valence-corrected chi connectivity index (χ1v) is 10.6. The van der Waals surface area contributed by atoms with Crippen molar-refractivity contribution >= 4 is 12.2 Å². The summed E-state index contributed by atoms with van der Waals surface area (Å²) in [5.74, 6) is 0. The predicted molar refractivity (Wildman–Crippen MR) is 115 cm³/mol. The minimum absolute atomic E-state index is 0.00218.